The Hall–Kier alpha value is -3.55. The van der Waals surface area contributed by atoms with Gasteiger partial charge in [-0.2, -0.15) is 0 Å². The van der Waals surface area contributed by atoms with Crippen LogP contribution >= 0.6 is 0 Å². The topological polar surface area (TPSA) is 106 Å². The molecule has 1 aliphatic rings. The first-order valence-electron chi connectivity index (χ1n) is 8.36. The van der Waals surface area contributed by atoms with Crippen LogP contribution in [0, 0.1) is 0 Å². The van der Waals surface area contributed by atoms with Gasteiger partial charge in [0, 0.05) is 18.3 Å². The maximum Gasteiger partial charge on any atom is 0.313 e. The number of anilines is 2. The Labute approximate surface area is 155 Å². The third kappa shape index (κ3) is 4.97. The van der Waals surface area contributed by atoms with E-state index in [1.807, 2.05) is 12.1 Å². The number of amides is 3. The summed E-state index contributed by atoms with van der Waals surface area (Å²) in [5.41, 5.74) is 0.916. The summed E-state index contributed by atoms with van der Waals surface area (Å²) in [7, 11) is 0. The molecule has 0 saturated carbocycles. The third-order valence-corrected chi connectivity index (χ3v) is 3.70. The van der Waals surface area contributed by atoms with Gasteiger partial charge in [-0.1, -0.05) is 18.2 Å². The summed E-state index contributed by atoms with van der Waals surface area (Å²) >= 11 is 0. The highest BCUT2D eigenvalue weighted by molar-refractivity contribution is 6.39. The van der Waals surface area contributed by atoms with Gasteiger partial charge in [-0.3, -0.25) is 14.4 Å². The lowest BCUT2D eigenvalue weighted by atomic mass is 10.2. The number of carbonyl (C=O) groups is 3. The molecule has 0 fully saturated rings. The van der Waals surface area contributed by atoms with Gasteiger partial charge >= 0.3 is 11.8 Å². The van der Waals surface area contributed by atoms with Gasteiger partial charge in [0.1, 0.15) is 12.7 Å². The molecule has 0 radical (unpaired) electrons. The molecule has 2 aromatic rings. The number of para-hydroxylation sites is 2. The van der Waals surface area contributed by atoms with Gasteiger partial charge in [-0.15, -0.1) is 0 Å². The molecule has 3 N–H and O–H groups in total. The van der Waals surface area contributed by atoms with Crippen molar-refractivity contribution in [2.24, 2.45) is 0 Å². The van der Waals surface area contributed by atoms with Crippen LogP contribution in [0.5, 0.6) is 11.5 Å². The van der Waals surface area contributed by atoms with Gasteiger partial charge in [-0.05, 0) is 30.3 Å². The number of benzene rings is 2. The fourth-order valence-corrected chi connectivity index (χ4v) is 2.52. The van der Waals surface area contributed by atoms with Crippen LogP contribution in [0.15, 0.2) is 48.5 Å². The fourth-order valence-electron chi connectivity index (χ4n) is 2.52. The Morgan fingerprint density at radius 1 is 0.963 bits per heavy atom. The van der Waals surface area contributed by atoms with Crippen LogP contribution in [0.4, 0.5) is 11.4 Å². The molecule has 27 heavy (non-hydrogen) atoms. The summed E-state index contributed by atoms with van der Waals surface area (Å²) in [6.07, 6.45) is -0.389. The molecular weight excluding hydrogens is 350 g/mol. The summed E-state index contributed by atoms with van der Waals surface area (Å²) < 4.78 is 11.3. The van der Waals surface area contributed by atoms with Crippen LogP contribution in [-0.4, -0.2) is 37.0 Å². The van der Waals surface area contributed by atoms with Crippen LogP contribution in [0.3, 0.4) is 0 Å². The monoisotopic (exact) mass is 369 g/mol. The summed E-state index contributed by atoms with van der Waals surface area (Å²) in [5, 5.41) is 7.61. The summed E-state index contributed by atoms with van der Waals surface area (Å²) in [4.78, 5) is 35.1. The predicted octanol–water partition coefficient (Wildman–Crippen LogP) is 1.54. The van der Waals surface area contributed by atoms with Crippen molar-refractivity contribution in [2.45, 2.75) is 13.0 Å². The molecule has 0 bridgehead atoms. The maximum absolute atomic E-state index is 12.0. The zero-order chi connectivity index (χ0) is 19.2. The highest BCUT2D eigenvalue weighted by atomic mass is 16.6. The van der Waals surface area contributed by atoms with E-state index in [4.69, 9.17) is 9.47 Å². The van der Waals surface area contributed by atoms with E-state index in [0.29, 0.717) is 22.9 Å². The molecule has 8 heteroatoms. The molecule has 3 rings (SSSR count). The average molecular weight is 369 g/mol. The van der Waals surface area contributed by atoms with Crippen molar-refractivity contribution in [2.75, 3.05) is 23.8 Å². The molecule has 1 atom stereocenters. The summed E-state index contributed by atoms with van der Waals surface area (Å²) in [6, 6.07) is 13.7. The normalized spacial score (nSPS) is 14.8. The SMILES string of the molecule is CC(=O)Nc1cccc(NC(=O)C(=O)NCC2COc3ccccc3O2)c1. The van der Waals surface area contributed by atoms with Crippen LogP contribution in [0.25, 0.3) is 0 Å². The van der Waals surface area contributed by atoms with E-state index in [0.717, 1.165) is 0 Å². The number of fused-ring (bicyclic) bond motifs is 1. The molecule has 8 nitrogen and oxygen atoms in total. The molecular formula is C19H19N3O5. The van der Waals surface area contributed by atoms with Gasteiger partial charge in [0.25, 0.3) is 0 Å². The van der Waals surface area contributed by atoms with Crippen LogP contribution in [0.2, 0.25) is 0 Å². The van der Waals surface area contributed by atoms with Gasteiger partial charge in [0.15, 0.2) is 11.5 Å². The minimum Gasteiger partial charge on any atom is -0.486 e. The second kappa shape index (κ2) is 8.22. The molecule has 1 heterocycles. The van der Waals surface area contributed by atoms with Gasteiger partial charge in [-0.25, -0.2) is 0 Å². The van der Waals surface area contributed by atoms with Crippen LogP contribution in [-0.2, 0) is 14.4 Å². The van der Waals surface area contributed by atoms with Crippen molar-refractivity contribution in [1.29, 1.82) is 0 Å². The van der Waals surface area contributed by atoms with Crippen LogP contribution in [0.1, 0.15) is 6.92 Å². The van der Waals surface area contributed by atoms with E-state index in [-0.39, 0.29) is 25.2 Å². The molecule has 0 saturated heterocycles. The van der Waals surface area contributed by atoms with Gasteiger partial charge in [0.05, 0.1) is 6.54 Å². The first kappa shape index (κ1) is 18.2. The fraction of sp³-hybridized carbons (Fsp3) is 0.211. The summed E-state index contributed by atoms with van der Waals surface area (Å²) in [6.45, 7) is 1.79. The van der Waals surface area contributed by atoms with Gasteiger partial charge in [0.2, 0.25) is 5.91 Å². The lowest BCUT2D eigenvalue weighted by Crippen LogP contribution is -2.44. The van der Waals surface area contributed by atoms with E-state index < -0.39 is 11.8 Å². The minimum absolute atomic E-state index is 0.131. The van der Waals surface area contributed by atoms with E-state index in [1.165, 1.54) is 6.92 Å². The second-order valence-electron chi connectivity index (χ2n) is 5.92. The molecule has 0 spiro atoms. The van der Waals surface area contributed by atoms with E-state index in [9.17, 15) is 14.4 Å². The lowest BCUT2D eigenvalue weighted by Gasteiger charge is -2.26. The van der Waals surface area contributed by atoms with E-state index in [2.05, 4.69) is 16.0 Å². The number of carbonyl (C=O) groups excluding carboxylic acids is 3. The Morgan fingerprint density at radius 3 is 2.41 bits per heavy atom. The standard InChI is InChI=1S/C19H19N3O5/c1-12(23)21-13-5-4-6-14(9-13)22-19(25)18(24)20-10-15-11-26-16-7-2-3-8-17(16)27-15/h2-9,15H,10-11H2,1H3,(H,20,24)(H,21,23)(H,22,25). The Bertz CT molecular complexity index is 868. The highest BCUT2D eigenvalue weighted by Gasteiger charge is 2.22. The maximum atomic E-state index is 12.0. The molecule has 3 amide bonds. The van der Waals surface area contributed by atoms with Crippen LogP contribution < -0.4 is 25.4 Å². The van der Waals surface area contributed by atoms with E-state index >= 15 is 0 Å². The van der Waals surface area contributed by atoms with Crippen molar-refractivity contribution < 1.29 is 23.9 Å². The Balaban J connectivity index is 1.50. The van der Waals surface area contributed by atoms with E-state index in [1.54, 1.807) is 36.4 Å². The smallest absolute Gasteiger partial charge is 0.313 e. The molecule has 0 aliphatic carbocycles. The quantitative estimate of drug-likeness (QED) is 0.709. The Morgan fingerprint density at radius 2 is 1.67 bits per heavy atom. The number of rotatable bonds is 4. The number of hydrogen-bond acceptors (Lipinski definition) is 5. The zero-order valence-electron chi connectivity index (χ0n) is 14.7. The highest BCUT2D eigenvalue weighted by Crippen LogP contribution is 2.30. The molecule has 2 aromatic carbocycles. The van der Waals surface area contributed by atoms with Crippen molar-refractivity contribution in [3.05, 3.63) is 48.5 Å². The average Bonchev–Trinajstić information content (AvgIpc) is 2.65. The molecule has 1 aliphatic heterocycles. The minimum atomic E-state index is -0.813. The van der Waals surface area contributed by atoms with Crippen molar-refractivity contribution >= 4 is 29.1 Å². The second-order valence-corrected chi connectivity index (χ2v) is 5.92. The number of hydrogen-bond donors (Lipinski definition) is 3. The number of nitrogens with one attached hydrogen (secondary N) is 3. The van der Waals surface area contributed by atoms with Crippen molar-refractivity contribution in [3.8, 4) is 11.5 Å². The number of ether oxygens (including phenoxy) is 2. The Kier molecular flexibility index (Phi) is 5.55. The zero-order valence-corrected chi connectivity index (χ0v) is 14.7. The first-order chi connectivity index (χ1) is 13.0. The third-order valence-electron chi connectivity index (χ3n) is 3.70. The van der Waals surface area contributed by atoms with Crippen molar-refractivity contribution in [3.63, 3.8) is 0 Å². The predicted molar refractivity (Wildman–Crippen MR) is 98.7 cm³/mol. The molecule has 140 valence electrons. The van der Waals surface area contributed by atoms with Crippen molar-refractivity contribution in [1.82, 2.24) is 5.32 Å². The van der Waals surface area contributed by atoms with Gasteiger partial charge < -0.3 is 25.4 Å². The molecule has 0 aromatic heterocycles. The lowest BCUT2D eigenvalue weighted by molar-refractivity contribution is -0.136. The molecule has 1 unspecified atom stereocenters. The largest absolute Gasteiger partial charge is 0.486 e. The first-order valence-corrected chi connectivity index (χ1v) is 8.36. The summed E-state index contributed by atoms with van der Waals surface area (Å²) in [5.74, 6) is -0.582.